The lowest BCUT2D eigenvalue weighted by atomic mass is 10.0. The van der Waals surface area contributed by atoms with Gasteiger partial charge in [0.2, 0.25) is 5.91 Å². The number of aromatic nitrogens is 2. The highest BCUT2D eigenvalue weighted by molar-refractivity contribution is 5.78. The van der Waals surface area contributed by atoms with Gasteiger partial charge in [0.25, 0.3) is 0 Å². The molecule has 1 N–H and O–H groups in total. The minimum Gasteiger partial charge on any atom is -0.488 e. The van der Waals surface area contributed by atoms with E-state index in [9.17, 15) is 9.18 Å². The van der Waals surface area contributed by atoms with E-state index < -0.39 is 0 Å². The van der Waals surface area contributed by atoms with Crippen molar-refractivity contribution in [1.29, 1.82) is 0 Å². The number of nitrogens with zero attached hydrogens (tertiary/aromatic N) is 2. The number of rotatable bonds is 5. The van der Waals surface area contributed by atoms with E-state index in [1.54, 1.807) is 18.3 Å². The van der Waals surface area contributed by atoms with Crippen molar-refractivity contribution in [2.24, 2.45) is 0 Å². The number of fused-ring (bicyclic) bond motifs is 1. The van der Waals surface area contributed by atoms with Gasteiger partial charge in [-0.3, -0.25) is 9.78 Å². The summed E-state index contributed by atoms with van der Waals surface area (Å²) < 4.78 is 19.2. The molecule has 5 nitrogen and oxygen atoms in total. The number of aryl methyl sites for hydroxylation is 2. The fourth-order valence-electron chi connectivity index (χ4n) is 3.52. The molecule has 1 aliphatic heterocycles. The summed E-state index contributed by atoms with van der Waals surface area (Å²) in [5, 5.41) is 2.88. The molecule has 2 heterocycles. The minimum absolute atomic E-state index is 0.124. The number of nitrogens with one attached hydrogen (secondary N) is 1. The third kappa shape index (κ3) is 4.42. The van der Waals surface area contributed by atoms with Crippen LogP contribution in [0.25, 0.3) is 11.3 Å². The van der Waals surface area contributed by atoms with E-state index in [1.165, 1.54) is 12.1 Å². The van der Waals surface area contributed by atoms with E-state index in [-0.39, 0.29) is 24.2 Å². The normalized spacial score (nSPS) is 14.9. The number of hydrogen-bond donors (Lipinski definition) is 1. The molecule has 4 rings (SSSR count). The summed E-state index contributed by atoms with van der Waals surface area (Å²) in [6.07, 6.45) is 2.49. The molecule has 148 valence electrons. The van der Waals surface area contributed by atoms with E-state index in [0.717, 1.165) is 34.0 Å². The highest BCUT2D eigenvalue weighted by atomic mass is 19.1. The number of carbonyl (C=O) groups excluding carboxylic acids is 1. The van der Waals surface area contributed by atoms with E-state index in [0.29, 0.717) is 18.5 Å². The van der Waals surface area contributed by atoms with Crippen LogP contribution in [-0.2, 0) is 17.6 Å². The summed E-state index contributed by atoms with van der Waals surface area (Å²) in [6.45, 7) is 4.28. The van der Waals surface area contributed by atoms with Crippen molar-refractivity contribution in [1.82, 2.24) is 15.3 Å². The van der Waals surface area contributed by atoms with E-state index in [2.05, 4.69) is 21.4 Å². The molecule has 0 saturated carbocycles. The number of halogens is 1. The van der Waals surface area contributed by atoms with Crippen LogP contribution in [0.2, 0.25) is 0 Å². The van der Waals surface area contributed by atoms with Gasteiger partial charge in [0.1, 0.15) is 17.7 Å². The highest BCUT2D eigenvalue weighted by Crippen LogP contribution is 2.33. The zero-order valence-electron chi connectivity index (χ0n) is 16.4. The second-order valence-corrected chi connectivity index (χ2v) is 7.32. The standard InChI is InChI=1S/C23H22FN3O2/c1-14-12-25-15(2)23(27-14)17-6-7-21-18(10-17)11-20(29-21)13-26-22(28)9-16-4-3-5-19(24)8-16/h3-8,10,12,20H,9,11,13H2,1-2H3,(H,26,28). The number of amides is 1. The number of hydrogen-bond acceptors (Lipinski definition) is 4. The second kappa shape index (κ2) is 7.99. The Morgan fingerprint density at radius 3 is 2.93 bits per heavy atom. The molecule has 6 heteroatoms. The maximum Gasteiger partial charge on any atom is 0.224 e. The number of carbonyl (C=O) groups is 1. The first kappa shape index (κ1) is 19.1. The van der Waals surface area contributed by atoms with Gasteiger partial charge in [-0.25, -0.2) is 9.37 Å². The van der Waals surface area contributed by atoms with Crippen LogP contribution in [0.4, 0.5) is 4.39 Å². The van der Waals surface area contributed by atoms with Crippen LogP contribution in [-0.4, -0.2) is 28.5 Å². The summed E-state index contributed by atoms with van der Waals surface area (Å²) in [5.41, 5.74) is 5.39. The van der Waals surface area contributed by atoms with Gasteiger partial charge in [-0.15, -0.1) is 0 Å². The van der Waals surface area contributed by atoms with Crippen LogP contribution in [0.1, 0.15) is 22.5 Å². The molecule has 1 atom stereocenters. The first-order valence-electron chi connectivity index (χ1n) is 9.59. The third-order valence-electron chi connectivity index (χ3n) is 4.93. The molecule has 29 heavy (non-hydrogen) atoms. The first-order chi connectivity index (χ1) is 14.0. The lowest BCUT2D eigenvalue weighted by Crippen LogP contribution is -2.35. The van der Waals surface area contributed by atoms with E-state index in [1.807, 2.05) is 26.0 Å². The zero-order valence-corrected chi connectivity index (χ0v) is 16.4. The van der Waals surface area contributed by atoms with Crippen LogP contribution >= 0.6 is 0 Å². The summed E-state index contributed by atoms with van der Waals surface area (Å²) in [6, 6.07) is 12.1. The van der Waals surface area contributed by atoms with Crippen LogP contribution < -0.4 is 10.1 Å². The molecule has 0 radical (unpaired) electrons. The molecule has 2 aromatic carbocycles. The van der Waals surface area contributed by atoms with Crippen LogP contribution in [0.5, 0.6) is 5.75 Å². The Bertz CT molecular complexity index is 1070. The second-order valence-electron chi connectivity index (χ2n) is 7.32. The Kier molecular flexibility index (Phi) is 5.25. The maximum atomic E-state index is 13.2. The molecule has 0 spiro atoms. The monoisotopic (exact) mass is 391 g/mol. The lowest BCUT2D eigenvalue weighted by molar-refractivity contribution is -0.120. The van der Waals surface area contributed by atoms with Crippen LogP contribution in [0, 0.1) is 19.7 Å². The van der Waals surface area contributed by atoms with Crippen LogP contribution in [0.3, 0.4) is 0 Å². The van der Waals surface area contributed by atoms with Crippen molar-refractivity contribution in [3.05, 3.63) is 77.0 Å². The van der Waals surface area contributed by atoms with Gasteiger partial charge < -0.3 is 10.1 Å². The third-order valence-corrected chi connectivity index (χ3v) is 4.93. The fourth-order valence-corrected chi connectivity index (χ4v) is 3.52. The van der Waals surface area contributed by atoms with Gasteiger partial charge >= 0.3 is 0 Å². The van der Waals surface area contributed by atoms with Gasteiger partial charge in [-0.1, -0.05) is 12.1 Å². The molecule has 0 bridgehead atoms. The molecule has 3 aromatic rings. The average Bonchev–Trinajstić information content (AvgIpc) is 3.10. The molecular formula is C23H22FN3O2. The Hall–Kier alpha value is -3.28. The summed E-state index contributed by atoms with van der Waals surface area (Å²) in [4.78, 5) is 21.2. The Labute approximate surface area is 169 Å². The SMILES string of the molecule is Cc1cnc(C)c(-c2ccc3c(c2)CC(CNC(=O)Cc2cccc(F)c2)O3)n1. The quantitative estimate of drug-likeness (QED) is 0.722. The van der Waals surface area contributed by atoms with Gasteiger partial charge in [0, 0.05) is 18.2 Å². The van der Waals surface area contributed by atoms with Crippen LogP contribution in [0.15, 0.2) is 48.7 Å². The highest BCUT2D eigenvalue weighted by Gasteiger charge is 2.24. The van der Waals surface area contributed by atoms with Crippen molar-refractivity contribution in [3.8, 4) is 17.0 Å². The van der Waals surface area contributed by atoms with Gasteiger partial charge in [0.05, 0.1) is 30.0 Å². The van der Waals surface area contributed by atoms with Crippen molar-refractivity contribution in [3.63, 3.8) is 0 Å². The van der Waals surface area contributed by atoms with Gasteiger partial charge in [-0.2, -0.15) is 0 Å². The minimum atomic E-state index is -0.339. The Morgan fingerprint density at radius 1 is 1.24 bits per heavy atom. The average molecular weight is 391 g/mol. The van der Waals surface area contributed by atoms with E-state index >= 15 is 0 Å². The summed E-state index contributed by atoms with van der Waals surface area (Å²) in [5.74, 6) is 0.340. The largest absolute Gasteiger partial charge is 0.488 e. The molecule has 1 aliphatic rings. The first-order valence-corrected chi connectivity index (χ1v) is 9.59. The smallest absolute Gasteiger partial charge is 0.224 e. The van der Waals surface area contributed by atoms with Crippen molar-refractivity contribution in [2.75, 3.05) is 6.54 Å². The predicted molar refractivity (Wildman–Crippen MR) is 108 cm³/mol. The Morgan fingerprint density at radius 2 is 2.10 bits per heavy atom. The lowest BCUT2D eigenvalue weighted by Gasteiger charge is -2.12. The van der Waals surface area contributed by atoms with Crippen molar-refractivity contribution < 1.29 is 13.9 Å². The molecular weight excluding hydrogens is 369 g/mol. The maximum absolute atomic E-state index is 13.2. The predicted octanol–water partition coefficient (Wildman–Crippen LogP) is 3.56. The van der Waals surface area contributed by atoms with E-state index in [4.69, 9.17) is 4.74 Å². The molecule has 1 amide bonds. The van der Waals surface area contributed by atoms with Crippen molar-refractivity contribution in [2.45, 2.75) is 32.8 Å². The molecule has 1 aromatic heterocycles. The van der Waals surface area contributed by atoms with Gasteiger partial charge in [-0.05, 0) is 55.3 Å². The summed E-state index contributed by atoms with van der Waals surface area (Å²) in [7, 11) is 0. The number of benzene rings is 2. The molecule has 0 aliphatic carbocycles. The van der Waals surface area contributed by atoms with Crippen molar-refractivity contribution >= 4 is 5.91 Å². The fraction of sp³-hybridized carbons (Fsp3) is 0.261. The van der Waals surface area contributed by atoms with Gasteiger partial charge in [0.15, 0.2) is 0 Å². The summed E-state index contributed by atoms with van der Waals surface area (Å²) >= 11 is 0. The molecule has 0 fully saturated rings. The molecule has 1 unspecified atom stereocenters. The Balaban J connectivity index is 1.38. The zero-order chi connectivity index (χ0) is 20.4. The number of ether oxygens (including phenoxy) is 1. The topological polar surface area (TPSA) is 64.1 Å². The molecule has 0 saturated heterocycles.